The van der Waals surface area contributed by atoms with Gasteiger partial charge in [-0.15, -0.1) is 0 Å². The first-order valence-electron chi connectivity index (χ1n) is 17.1. The minimum absolute atomic E-state index is 0.0327. The van der Waals surface area contributed by atoms with E-state index in [1.807, 2.05) is 26.8 Å². The van der Waals surface area contributed by atoms with Gasteiger partial charge in [0.15, 0.2) is 0 Å². The maximum atomic E-state index is 15.7. The Kier molecular flexibility index (Phi) is 9.01. The van der Waals surface area contributed by atoms with Gasteiger partial charge in [-0.3, -0.25) is 4.79 Å². The number of fused-ring (bicyclic) bond motifs is 3. The molecule has 0 aliphatic carbocycles. The van der Waals surface area contributed by atoms with Crippen molar-refractivity contribution in [2.45, 2.75) is 58.2 Å². The highest BCUT2D eigenvalue weighted by Gasteiger charge is 2.41. The van der Waals surface area contributed by atoms with E-state index in [1.165, 1.54) is 12.1 Å². The first kappa shape index (κ1) is 33.0. The lowest BCUT2D eigenvalue weighted by Crippen LogP contribution is -2.45. The molecular formula is C35H43FN8O5. The van der Waals surface area contributed by atoms with Gasteiger partial charge in [0, 0.05) is 31.1 Å². The fourth-order valence-corrected chi connectivity index (χ4v) is 7.15. The van der Waals surface area contributed by atoms with E-state index in [-0.39, 0.29) is 40.8 Å². The number of morpholine rings is 1. The van der Waals surface area contributed by atoms with Gasteiger partial charge in [0.05, 0.1) is 68.3 Å². The first-order valence-corrected chi connectivity index (χ1v) is 17.1. The summed E-state index contributed by atoms with van der Waals surface area (Å²) in [5.41, 5.74) is 0.542. The summed E-state index contributed by atoms with van der Waals surface area (Å²) in [6.45, 7) is 12.7. The number of pyridine rings is 1. The number of rotatable bonds is 7. The number of nitrogens with one attached hydrogen (secondary N) is 2. The van der Waals surface area contributed by atoms with E-state index in [9.17, 15) is 9.59 Å². The number of benzene rings is 1. The van der Waals surface area contributed by atoms with Crippen LogP contribution in [0.3, 0.4) is 0 Å². The highest BCUT2D eigenvalue weighted by molar-refractivity contribution is 6.03. The van der Waals surface area contributed by atoms with Crippen LogP contribution in [0.5, 0.6) is 5.88 Å². The van der Waals surface area contributed by atoms with Crippen LogP contribution in [-0.4, -0.2) is 102 Å². The molecule has 3 fully saturated rings. The van der Waals surface area contributed by atoms with E-state index in [2.05, 4.69) is 32.3 Å². The molecule has 3 aromatic rings. The highest BCUT2D eigenvalue weighted by atomic mass is 19.1. The number of hydrogen-bond donors (Lipinski definition) is 2. The summed E-state index contributed by atoms with van der Waals surface area (Å²) < 4.78 is 33.5. The van der Waals surface area contributed by atoms with Gasteiger partial charge in [-0.2, -0.15) is 4.98 Å². The van der Waals surface area contributed by atoms with Crippen LogP contribution in [0.2, 0.25) is 0 Å². The number of nitrogens with zero attached hydrogens (tertiary/aromatic N) is 6. The molecule has 1 aromatic carbocycles. The van der Waals surface area contributed by atoms with Crippen LogP contribution < -0.4 is 25.2 Å². The Hall–Kier alpha value is -4.56. The van der Waals surface area contributed by atoms with Gasteiger partial charge >= 0.3 is 6.03 Å². The van der Waals surface area contributed by atoms with Gasteiger partial charge in [0.2, 0.25) is 11.8 Å². The van der Waals surface area contributed by atoms with E-state index in [4.69, 9.17) is 24.2 Å². The maximum absolute atomic E-state index is 15.7. The largest absolute Gasteiger partial charge is 0.469 e. The van der Waals surface area contributed by atoms with Gasteiger partial charge in [0.25, 0.3) is 5.91 Å². The Labute approximate surface area is 285 Å². The first-order chi connectivity index (χ1) is 23.6. The monoisotopic (exact) mass is 674 g/mol. The normalized spacial score (nSPS) is 23.1. The van der Waals surface area contributed by atoms with Gasteiger partial charge in [0.1, 0.15) is 22.8 Å². The van der Waals surface area contributed by atoms with Crippen molar-refractivity contribution >= 4 is 35.1 Å². The van der Waals surface area contributed by atoms with E-state index in [1.54, 1.807) is 23.2 Å². The minimum Gasteiger partial charge on any atom is -0.469 e. The molecule has 6 heterocycles. The van der Waals surface area contributed by atoms with Crippen molar-refractivity contribution in [3.8, 4) is 17.1 Å². The number of ether oxygens (including phenoxy) is 3. The summed E-state index contributed by atoms with van der Waals surface area (Å²) in [5.74, 6) is 0.792. The molecular weight excluding hydrogens is 631 g/mol. The number of aromatic nitrogens is 3. The number of carbonyl (C=O) groups excluding carboxylic acids is 2. The Morgan fingerprint density at radius 2 is 1.92 bits per heavy atom. The van der Waals surface area contributed by atoms with Crippen molar-refractivity contribution in [2.24, 2.45) is 5.92 Å². The van der Waals surface area contributed by atoms with Crippen LogP contribution in [0.4, 0.5) is 32.3 Å². The van der Waals surface area contributed by atoms with Crippen LogP contribution >= 0.6 is 0 Å². The SMILES string of the molecule is CC[C@H]1COCCN1c1ccc(NC(=O)Nc2ccc(-c3nc(N4CC5COCC4C5)nc4c3C(=O)N(CC)CC(C)(C)O4)cc2F)cn1. The minimum atomic E-state index is -0.716. The molecule has 3 atom stereocenters. The molecule has 0 saturated carbocycles. The average molecular weight is 675 g/mol. The third-order valence-electron chi connectivity index (χ3n) is 9.60. The van der Waals surface area contributed by atoms with Crippen LogP contribution in [0.1, 0.15) is 50.9 Å². The number of urea groups is 1. The van der Waals surface area contributed by atoms with Gasteiger partial charge in [-0.05, 0) is 57.9 Å². The summed E-state index contributed by atoms with van der Waals surface area (Å²) in [6, 6.07) is 7.72. The van der Waals surface area contributed by atoms with E-state index < -0.39 is 17.4 Å². The predicted octanol–water partition coefficient (Wildman–Crippen LogP) is 4.80. The molecule has 49 heavy (non-hydrogen) atoms. The second kappa shape index (κ2) is 13.4. The fourth-order valence-electron chi connectivity index (χ4n) is 7.15. The topological polar surface area (TPSA) is 134 Å². The van der Waals surface area contributed by atoms with Crippen molar-refractivity contribution in [3.63, 3.8) is 0 Å². The Morgan fingerprint density at radius 3 is 2.65 bits per heavy atom. The van der Waals surface area contributed by atoms with Crippen molar-refractivity contribution in [1.29, 1.82) is 0 Å². The third-order valence-corrected chi connectivity index (χ3v) is 9.60. The molecule has 2 unspecified atom stereocenters. The molecule has 0 radical (unpaired) electrons. The lowest BCUT2D eigenvalue weighted by Gasteiger charge is -2.36. The molecule has 4 aliphatic rings. The quantitative estimate of drug-likeness (QED) is 0.360. The number of amides is 3. The molecule has 3 amide bonds. The molecule has 14 heteroatoms. The zero-order valence-corrected chi connectivity index (χ0v) is 28.4. The number of hydrogen-bond acceptors (Lipinski definition) is 10. The summed E-state index contributed by atoms with van der Waals surface area (Å²) in [5, 5.41) is 5.31. The lowest BCUT2D eigenvalue weighted by molar-refractivity contribution is 0.0541. The fraction of sp³-hybridized carbons (Fsp3) is 0.514. The summed E-state index contributed by atoms with van der Waals surface area (Å²) >= 11 is 0. The Bertz CT molecular complexity index is 1720. The smallest absolute Gasteiger partial charge is 0.323 e. The molecule has 3 saturated heterocycles. The van der Waals surface area contributed by atoms with Gasteiger partial charge < -0.3 is 39.5 Å². The van der Waals surface area contributed by atoms with E-state index >= 15 is 4.39 Å². The van der Waals surface area contributed by atoms with Crippen LogP contribution in [0.15, 0.2) is 36.5 Å². The van der Waals surface area contributed by atoms with Crippen molar-refractivity contribution in [3.05, 3.63) is 47.9 Å². The van der Waals surface area contributed by atoms with Crippen molar-refractivity contribution in [2.75, 3.05) is 73.0 Å². The standard InChI is InChI=1S/C35H43FN8O5/c1-5-24-18-47-12-11-43(24)28-10-8-23(15-37-28)38-34(46)39-27-9-7-22(14-26(27)36)30-29-31(49-35(3,4)20-42(6-2)32(29)45)41-33(40-30)44-16-21-13-25(44)19-48-17-21/h7-10,14-15,21,24-25H,5-6,11-13,16-20H2,1-4H3,(H2,38,39,46)/t21?,24-,25?/m0/s1. The second-order valence-corrected chi connectivity index (χ2v) is 13.7. The molecule has 260 valence electrons. The van der Waals surface area contributed by atoms with E-state index in [0.717, 1.165) is 31.7 Å². The zero-order chi connectivity index (χ0) is 34.3. The Morgan fingerprint density at radius 1 is 1.06 bits per heavy atom. The summed E-state index contributed by atoms with van der Waals surface area (Å²) in [4.78, 5) is 47.1. The molecule has 4 aliphatic heterocycles. The number of halogens is 1. The predicted molar refractivity (Wildman–Crippen MR) is 183 cm³/mol. The van der Waals surface area contributed by atoms with Crippen LogP contribution in [-0.2, 0) is 9.47 Å². The highest BCUT2D eigenvalue weighted by Crippen LogP contribution is 2.39. The molecule has 0 spiro atoms. The number of carbonyl (C=O) groups is 2. The molecule has 2 aromatic heterocycles. The van der Waals surface area contributed by atoms with E-state index in [0.29, 0.717) is 62.6 Å². The van der Waals surface area contributed by atoms with Crippen LogP contribution in [0, 0.1) is 11.7 Å². The number of likely N-dealkylation sites (N-methyl/N-ethyl adjacent to an activating group) is 1. The number of anilines is 4. The van der Waals surface area contributed by atoms with Crippen LogP contribution in [0.25, 0.3) is 11.3 Å². The molecule has 2 bridgehead atoms. The van der Waals surface area contributed by atoms with Crippen molar-refractivity contribution < 1.29 is 28.2 Å². The third kappa shape index (κ3) is 6.71. The lowest BCUT2D eigenvalue weighted by atomic mass is 10.0. The Balaban J connectivity index is 1.15. The van der Waals surface area contributed by atoms with Gasteiger partial charge in [-0.1, -0.05) is 13.0 Å². The van der Waals surface area contributed by atoms with Gasteiger partial charge in [-0.25, -0.2) is 19.2 Å². The molecule has 13 nitrogen and oxygen atoms in total. The summed E-state index contributed by atoms with van der Waals surface area (Å²) in [6.07, 6.45) is 3.48. The average Bonchev–Trinajstić information content (AvgIpc) is 3.34. The molecule has 2 N–H and O–H groups in total. The maximum Gasteiger partial charge on any atom is 0.323 e. The zero-order valence-electron chi connectivity index (χ0n) is 28.4. The second-order valence-electron chi connectivity index (χ2n) is 13.7. The van der Waals surface area contributed by atoms with Crippen molar-refractivity contribution in [1.82, 2.24) is 19.9 Å². The molecule has 7 rings (SSSR count). The summed E-state index contributed by atoms with van der Waals surface area (Å²) in [7, 11) is 0.